The summed E-state index contributed by atoms with van der Waals surface area (Å²) in [6.07, 6.45) is 0.161. The van der Waals surface area contributed by atoms with Crippen LogP contribution in [0.5, 0.6) is 0 Å². The second-order valence-corrected chi connectivity index (χ2v) is 4.35. The predicted octanol–water partition coefficient (Wildman–Crippen LogP) is 3.09. The number of pyridine rings is 1. The first-order chi connectivity index (χ1) is 8.07. The van der Waals surface area contributed by atoms with E-state index in [1.54, 1.807) is 6.07 Å². The van der Waals surface area contributed by atoms with Crippen molar-refractivity contribution in [2.75, 3.05) is 13.1 Å². The largest absolute Gasteiger partial charge is 0.433 e. The average molecular weight is 244 g/mol. The number of hydrogen-bond acceptors (Lipinski definition) is 2. The van der Waals surface area contributed by atoms with Crippen LogP contribution in [-0.4, -0.2) is 23.0 Å². The molecule has 1 aliphatic rings. The molecule has 1 saturated heterocycles. The first-order valence-electron chi connectivity index (χ1n) is 5.81. The van der Waals surface area contributed by atoms with Crippen LogP contribution in [0.25, 0.3) is 0 Å². The van der Waals surface area contributed by atoms with Crippen LogP contribution in [0, 0.1) is 0 Å². The molecule has 2 nitrogen and oxygen atoms in total. The van der Waals surface area contributed by atoms with E-state index in [0.29, 0.717) is 6.54 Å². The molecular weight excluding hydrogens is 229 g/mol. The van der Waals surface area contributed by atoms with Crippen molar-refractivity contribution in [3.05, 3.63) is 29.6 Å². The summed E-state index contributed by atoms with van der Waals surface area (Å²) < 4.78 is 38.2. The van der Waals surface area contributed by atoms with Gasteiger partial charge in [-0.15, -0.1) is 0 Å². The Bertz CT molecular complexity index is 370. The Kier molecular flexibility index (Phi) is 3.66. The summed E-state index contributed by atoms with van der Waals surface area (Å²) in [7, 11) is 0. The third-order valence-electron chi connectivity index (χ3n) is 3.00. The lowest BCUT2D eigenvalue weighted by Crippen LogP contribution is -2.30. The van der Waals surface area contributed by atoms with Gasteiger partial charge in [0.25, 0.3) is 0 Å². The average Bonchev–Trinajstić information content (AvgIpc) is 2.30. The SMILES string of the molecule is FC(F)(F)c1ncccc1CN1CCCCC1. The highest BCUT2D eigenvalue weighted by Crippen LogP contribution is 2.30. The Morgan fingerprint density at radius 2 is 1.88 bits per heavy atom. The molecule has 0 aliphatic carbocycles. The van der Waals surface area contributed by atoms with Crippen LogP contribution in [0.4, 0.5) is 13.2 Å². The first-order valence-corrected chi connectivity index (χ1v) is 5.81. The smallest absolute Gasteiger partial charge is 0.299 e. The van der Waals surface area contributed by atoms with Gasteiger partial charge in [0.1, 0.15) is 5.69 Å². The molecule has 5 heteroatoms. The van der Waals surface area contributed by atoms with E-state index in [9.17, 15) is 13.2 Å². The molecule has 1 aromatic heterocycles. The van der Waals surface area contributed by atoms with Gasteiger partial charge in [0.15, 0.2) is 0 Å². The Hall–Kier alpha value is -1.10. The van der Waals surface area contributed by atoms with Crippen molar-refractivity contribution < 1.29 is 13.2 Å². The Labute approximate surface area is 98.5 Å². The van der Waals surface area contributed by atoms with E-state index < -0.39 is 11.9 Å². The van der Waals surface area contributed by atoms with Crippen molar-refractivity contribution in [3.63, 3.8) is 0 Å². The number of hydrogen-bond donors (Lipinski definition) is 0. The number of likely N-dealkylation sites (tertiary alicyclic amines) is 1. The molecule has 1 aromatic rings. The predicted molar refractivity (Wildman–Crippen MR) is 58.4 cm³/mol. The summed E-state index contributed by atoms with van der Waals surface area (Å²) in [5.74, 6) is 0. The molecule has 1 fully saturated rings. The normalized spacial score (nSPS) is 18.3. The fourth-order valence-electron chi connectivity index (χ4n) is 2.18. The summed E-state index contributed by atoms with van der Waals surface area (Å²) in [6, 6.07) is 3.08. The summed E-state index contributed by atoms with van der Waals surface area (Å²) >= 11 is 0. The maximum atomic E-state index is 12.7. The standard InChI is InChI=1S/C12H15F3N2/c13-12(14,15)11-10(5-4-6-16-11)9-17-7-2-1-3-8-17/h4-6H,1-3,7-9H2. The molecule has 2 heterocycles. The summed E-state index contributed by atoms with van der Waals surface area (Å²) in [6.45, 7) is 2.11. The van der Waals surface area contributed by atoms with Crippen LogP contribution in [-0.2, 0) is 12.7 Å². The molecule has 2 rings (SSSR count). The second-order valence-electron chi connectivity index (χ2n) is 4.35. The molecule has 17 heavy (non-hydrogen) atoms. The van der Waals surface area contributed by atoms with Crippen LogP contribution in [0.2, 0.25) is 0 Å². The third kappa shape index (κ3) is 3.19. The monoisotopic (exact) mass is 244 g/mol. The molecule has 0 spiro atoms. The maximum absolute atomic E-state index is 12.7. The van der Waals surface area contributed by atoms with E-state index in [4.69, 9.17) is 0 Å². The highest BCUT2D eigenvalue weighted by atomic mass is 19.4. The maximum Gasteiger partial charge on any atom is 0.433 e. The van der Waals surface area contributed by atoms with Crippen molar-refractivity contribution in [1.82, 2.24) is 9.88 Å². The third-order valence-corrected chi connectivity index (χ3v) is 3.00. The molecule has 0 unspecified atom stereocenters. The molecule has 1 aliphatic heterocycles. The zero-order chi connectivity index (χ0) is 12.3. The number of aromatic nitrogens is 1. The zero-order valence-electron chi connectivity index (χ0n) is 9.50. The van der Waals surface area contributed by atoms with Gasteiger partial charge < -0.3 is 0 Å². The Morgan fingerprint density at radius 1 is 1.18 bits per heavy atom. The molecule has 0 amide bonds. The number of alkyl halides is 3. The van der Waals surface area contributed by atoms with Gasteiger partial charge in [-0.25, -0.2) is 0 Å². The summed E-state index contributed by atoms with van der Waals surface area (Å²) in [5.41, 5.74) is -0.465. The minimum Gasteiger partial charge on any atom is -0.299 e. The fraction of sp³-hybridized carbons (Fsp3) is 0.583. The van der Waals surface area contributed by atoms with E-state index in [2.05, 4.69) is 9.88 Å². The lowest BCUT2D eigenvalue weighted by molar-refractivity contribution is -0.142. The summed E-state index contributed by atoms with van der Waals surface area (Å²) in [4.78, 5) is 5.53. The molecule has 0 N–H and O–H groups in total. The molecule has 0 bridgehead atoms. The van der Waals surface area contributed by atoms with E-state index in [0.717, 1.165) is 25.9 Å². The van der Waals surface area contributed by atoms with Crippen LogP contribution in [0.1, 0.15) is 30.5 Å². The molecule has 0 aromatic carbocycles. The zero-order valence-corrected chi connectivity index (χ0v) is 9.50. The number of piperidine rings is 1. The van der Waals surface area contributed by atoms with Crippen molar-refractivity contribution in [3.8, 4) is 0 Å². The number of halogens is 3. The minimum absolute atomic E-state index is 0.280. The van der Waals surface area contributed by atoms with E-state index >= 15 is 0 Å². The Morgan fingerprint density at radius 3 is 2.53 bits per heavy atom. The van der Waals surface area contributed by atoms with Crippen molar-refractivity contribution >= 4 is 0 Å². The lowest BCUT2D eigenvalue weighted by atomic mass is 10.1. The lowest BCUT2D eigenvalue weighted by Gasteiger charge is -2.27. The molecular formula is C12H15F3N2. The molecule has 94 valence electrons. The van der Waals surface area contributed by atoms with Gasteiger partial charge in [-0.3, -0.25) is 9.88 Å². The van der Waals surface area contributed by atoms with E-state index in [1.165, 1.54) is 18.7 Å². The fourth-order valence-corrected chi connectivity index (χ4v) is 2.18. The van der Waals surface area contributed by atoms with Crippen molar-refractivity contribution in [2.45, 2.75) is 32.0 Å². The van der Waals surface area contributed by atoms with Gasteiger partial charge in [0.05, 0.1) is 0 Å². The number of nitrogens with zero attached hydrogens (tertiary/aromatic N) is 2. The van der Waals surface area contributed by atoms with Crippen molar-refractivity contribution in [1.29, 1.82) is 0 Å². The van der Waals surface area contributed by atoms with Gasteiger partial charge in [0.2, 0.25) is 0 Å². The van der Waals surface area contributed by atoms with Gasteiger partial charge in [0, 0.05) is 12.7 Å². The second kappa shape index (κ2) is 5.04. The topological polar surface area (TPSA) is 16.1 Å². The van der Waals surface area contributed by atoms with Gasteiger partial charge >= 0.3 is 6.18 Å². The molecule has 0 saturated carbocycles. The van der Waals surface area contributed by atoms with E-state index in [1.807, 2.05) is 0 Å². The van der Waals surface area contributed by atoms with Crippen LogP contribution < -0.4 is 0 Å². The van der Waals surface area contributed by atoms with Crippen LogP contribution >= 0.6 is 0 Å². The van der Waals surface area contributed by atoms with Gasteiger partial charge in [-0.05, 0) is 37.6 Å². The number of rotatable bonds is 2. The summed E-state index contributed by atoms with van der Waals surface area (Å²) in [5, 5.41) is 0. The highest BCUT2D eigenvalue weighted by Gasteiger charge is 2.35. The van der Waals surface area contributed by atoms with Gasteiger partial charge in [-0.1, -0.05) is 12.5 Å². The Balaban J connectivity index is 2.14. The van der Waals surface area contributed by atoms with E-state index in [-0.39, 0.29) is 5.56 Å². The van der Waals surface area contributed by atoms with Crippen molar-refractivity contribution in [2.24, 2.45) is 0 Å². The highest BCUT2D eigenvalue weighted by molar-refractivity contribution is 5.22. The molecule has 0 radical (unpaired) electrons. The minimum atomic E-state index is -4.35. The van der Waals surface area contributed by atoms with Crippen LogP contribution in [0.3, 0.4) is 0 Å². The van der Waals surface area contributed by atoms with Gasteiger partial charge in [-0.2, -0.15) is 13.2 Å². The quantitative estimate of drug-likeness (QED) is 0.794. The van der Waals surface area contributed by atoms with Crippen LogP contribution in [0.15, 0.2) is 18.3 Å². The molecule has 0 atom stereocenters. The first kappa shape index (κ1) is 12.4.